The number of piperidine rings is 1. The highest BCUT2D eigenvalue weighted by Crippen LogP contribution is 2.32. The molecule has 2 N–H and O–H groups in total. The standard InChI is InChI=1S/C12H18N2O/c1-2-5-13-12(15)8-9-6-10-3-4-11(7-9)14-10/h1,9-11,14H,3-8H2,(H,13,15). The van der Waals surface area contributed by atoms with E-state index in [-0.39, 0.29) is 5.91 Å². The SMILES string of the molecule is C#CCNC(=O)CC1CC2CCC(C1)N2. The lowest BCUT2D eigenvalue weighted by molar-refractivity contribution is -0.122. The van der Waals surface area contributed by atoms with Gasteiger partial charge in [-0.2, -0.15) is 0 Å². The van der Waals surface area contributed by atoms with Gasteiger partial charge in [-0.15, -0.1) is 6.42 Å². The minimum absolute atomic E-state index is 0.110. The van der Waals surface area contributed by atoms with E-state index in [2.05, 4.69) is 16.6 Å². The molecule has 82 valence electrons. The van der Waals surface area contributed by atoms with Gasteiger partial charge in [0.2, 0.25) is 5.91 Å². The van der Waals surface area contributed by atoms with Gasteiger partial charge in [0, 0.05) is 18.5 Å². The van der Waals surface area contributed by atoms with Gasteiger partial charge in [0.25, 0.3) is 0 Å². The van der Waals surface area contributed by atoms with Gasteiger partial charge < -0.3 is 10.6 Å². The summed E-state index contributed by atoms with van der Waals surface area (Å²) < 4.78 is 0. The van der Waals surface area contributed by atoms with E-state index in [0.717, 1.165) is 12.8 Å². The summed E-state index contributed by atoms with van der Waals surface area (Å²) in [6.07, 6.45) is 10.6. The quantitative estimate of drug-likeness (QED) is 0.666. The third-order valence-electron chi connectivity index (χ3n) is 3.43. The molecule has 0 aromatic rings. The molecule has 3 nitrogen and oxygen atoms in total. The molecular formula is C12H18N2O. The molecule has 0 aromatic carbocycles. The molecule has 1 amide bonds. The van der Waals surface area contributed by atoms with E-state index >= 15 is 0 Å². The zero-order valence-corrected chi connectivity index (χ0v) is 8.96. The second kappa shape index (κ2) is 4.67. The lowest BCUT2D eigenvalue weighted by Gasteiger charge is -2.28. The molecule has 0 radical (unpaired) electrons. The summed E-state index contributed by atoms with van der Waals surface area (Å²) in [5.41, 5.74) is 0. The zero-order valence-electron chi connectivity index (χ0n) is 8.96. The molecule has 0 aromatic heterocycles. The fourth-order valence-corrected chi connectivity index (χ4v) is 2.83. The van der Waals surface area contributed by atoms with Crippen LogP contribution < -0.4 is 10.6 Å². The Bertz CT molecular complexity index is 270. The first kappa shape index (κ1) is 10.5. The van der Waals surface area contributed by atoms with E-state index in [1.54, 1.807) is 0 Å². The van der Waals surface area contributed by atoms with Gasteiger partial charge in [-0.25, -0.2) is 0 Å². The van der Waals surface area contributed by atoms with Crippen LogP contribution >= 0.6 is 0 Å². The summed E-state index contributed by atoms with van der Waals surface area (Å²) in [5.74, 6) is 3.09. The number of carbonyl (C=O) groups excluding carboxylic acids is 1. The van der Waals surface area contributed by atoms with Gasteiger partial charge in [0.1, 0.15) is 0 Å². The molecular weight excluding hydrogens is 188 g/mol. The molecule has 2 aliphatic heterocycles. The fraction of sp³-hybridized carbons (Fsp3) is 0.750. The molecule has 15 heavy (non-hydrogen) atoms. The number of terminal acetylenes is 1. The molecule has 2 fully saturated rings. The van der Waals surface area contributed by atoms with Crippen molar-refractivity contribution in [2.24, 2.45) is 5.92 Å². The van der Waals surface area contributed by atoms with Crippen molar-refractivity contribution in [1.82, 2.24) is 10.6 Å². The van der Waals surface area contributed by atoms with Crippen molar-refractivity contribution in [1.29, 1.82) is 0 Å². The largest absolute Gasteiger partial charge is 0.345 e. The van der Waals surface area contributed by atoms with Crippen LogP contribution in [0.15, 0.2) is 0 Å². The summed E-state index contributed by atoms with van der Waals surface area (Å²) in [5, 5.41) is 6.31. The van der Waals surface area contributed by atoms with Crippen molar-refractivity contribution in [3.63, 3.8) is 0 Å². The third kappa shape index (κ3) is 2.73. The van der Waals surface area contributed by atoms with E-state index in [0.29, 0.717) is 31.0 Å². The summed E-state index contributed by atoms with van der Waals surface area (Å²) in [4.78, 5) is 11.5. The van der Waals surface area contributed by atoms with Gasteiger partial charge in [-0.3, -0.25) is 4.79 Å². The maximum absolute atomic E-state index is 11.5. The average Bonchev–Trinajstić information content (AvgIpc) is 2.55. The van der Waals surface area contributed by atoms with Gasteiger partial charge in [0.15, 0.2) is 0 Å². The van der Waals surface area contributed by atoms with Crippen LogP contribution in [-0.4, -0.2) is 24.5 Å². The number of amides is 1. The van der Waals surface area contributed by atoms with Crippen LogP contribution in [0.1, 0.15) is 32.1 Å². The number of hydrogen-bond acceptors (Lipinski definition) is 2. The zero-order chi connectivity index (χ0) is 10.7. The third-order valence-corrected chi connectivity index (χ3v) is 3.43. The van der Waals surface area contributed by atoms with Gasteiger partial charge >= 0.3 is 0 Å². The lowest BCUT2D eigenvalue weighted by Crippen LogP contribution is -2.39. The summed E-state index contributed by atoms with van der Waals surface area (Å²) in [7, 11) is 0. The molecule has 2 rings (SSSR count). The normalized spacial score (nSPS) is 33.4. The molecule has 2 heterocycles. The highest BCUT2D eigenvalue weighted by Gasteiger charge is 2.33. The minimum Gasteiger partial charge on any atom is -0.345 e. The van der Waals surface area contributed by atoms with Crippen LogP contribution in [0.3, 0.4) is 0 Å². The Kier molecular flexibility index (Phi) is 3.27. The Hall–Kier alpha value is -1.01. The number of rotatable bonds is 3. The summed E-state index contributed by atoms with van der Waals surface area (Å²) in [6.45, 7) is 0.358. The Balaban J connectivity index is 1.76. The topological polar surface area (TPSA) is 41.1 Å². The number of nitrogens with one attached hydrogen (secondary N) is 2. The van der Waals surface area contributed by atoms with E-state index in [1.165, 1.54) is 12.8 Å². The molecule has 3 heteroatoms. The van der Waals surface area contributed by atoms with Gasteiger partial charge in [-0.05, 0) is 31.6 Å². The van der Waals surface area contributed by atoms with Crippen LogP contribution in [0.4, 0.5) is 0 Å². The Labute approximate surface area is 91.0 Å². The number of fused-ring (bicyclic) bond motifs is 2. The minimum atomic E-state index is 0.110. The predicted octanol–water partition coefficient (Wildman–Crippen LogP) is 0.656. The van der Waals surface area contributed by atoms with Gasteiger partial charge in [-0.1, -0.05) is 5.92 Å². The Morgan fingerprint density at radius 3 is 2.67 bits per heavy atom. The van der Waals surface area contributed by atoms with Crippen molar-refractivity contribution in [3.8, 4) is 12.3 Å². The smallest absolute Gasteiger partial charge is 0.221 e. The predicted molar refractivity (Wildman–Crippen MR) is 59.1 cm³/mol. The maximum Gasteiger partial charge on any atom is 0.221 e. The molecule has 2 unspecified atom stereocenters. The fourth-order valence-electron chi connectivity index (χ4n) is 2.83. The molecule has 0 spiro atoms. The second-order valence-electron chi connectivity index (χ2n) is 4.66. The Morgan fingerprint density at radius 2 is 2.07 bits per heavy atom. The summed E-state index contributed by atoms with van der Waals surface area (Å²) >= 11 is 0. The van der Waals surface area contributed by atoms with Crippen molar-refractivity contribution in [2.75, 3.05) is 6.54 Å². The van der Waals surface area contributed by atoms with Crippen molar-refractivity contribution in [3.05, 3.63) is 0 Å². The van der Waals surface area contributed by atoms with Crippen molar-refractivity contribution >= 4 is 5.91 Å². The maximum atomic E-state index is 11.5. The van der Waals surface area contributed by atoms with Crippen LogP contribution in [0.5, 0.6) is 0 Å². The highest BCUT2D eigenvalue weighted by atomic mass is 16.1. The highest BCUT2D eigenvalue weighted by molar-refractivity contribution is 5.76. The van der Waals surface area contributed by atoms with E-state index in [1.807, 2.05) is 0 Å². The van der Waals surface area contributed by atoms with Crippen molar-refractivity contribution < 1.29 is 4.79 Å². The number of hydrogen-bond donors (Lipinski definition) is 2. The van der Waals surface area contributed by atoms with Crippen LogP contribution in [0.25, 0.3) is 0 Å². The molecule has 2 atom stereocenters. The molecule has 2 aliphatic rings. The second-order valence-corrected chi connectivity index (χ2v) is 4.66. The van der Waals surface area contributed by atoms with Crippen molar-refractivity contribution in [2.45, 2.75) is 44.2 Å². The molecule has 2 saturated heterocycles. The first-order valence-corrected chi connectivity index (χ1v) is 5.74. The van der Waals surface area contributed by atoms with E-state index in [4.69, 9.17) is 6.42 Å². The first-order chi connectivity index (χ1) is 7.28. The summed E-state index contributed by atoms with van der Waals surface area (Å²) in [6, 6.07) is 1.32. The molecule has 0 saturated carbocycles. The first-order valence-electron chi connectivity index (χ1n) is 5.74. The molecule has 0 aliphatic carbocycles. The van der Waals surface area contributed by atoms with Crippen LogP contribution in [-0.2, 0) is 4.79 Å². The lowest BCUT2D eigenvalue weighted by atomic mass is 9.89. The molecule has 2 bridgehead atoms. The average molecular weight is 206 g/mol. The Morgan fingerprint density at radius 1 is 1.40 bits per heavy atom. The van der Waals surface area contributed by atoms with E-state index < -0.39 is 0 Å². The van der Waals surface area contributed by atoms with Gasteiger partial charge in [0.05, 0.1) is 6.54 Å². The van der Waals surface area contributed by atoms with Crippen LogP contribution in [0.2, 0.25) is 0 Å². The van der Waals surface area contributed by atoms with Crippen LogP contribution in [0, 0.1) is 18.3 Å². The number of carbonyl (C=O) groups is 1. The van der Waals surface area contributed by atoms with E-state index in [9.17, 15) is 4.79 Å². The monoisotopic (exact) mass is 206 g/mol.